The quantitative estimate of drug-likeness (QED) is 0.653. The third-order valence-electron chi connectivity index (χ3n) is 2.37. The molecule has 1 aliphatic heterocycles. The number of rotatable bonds is 0. The first-order valence-corrected chi connectivity index (χ1v) is 4.43. The molecule has 4 nitrogen and oxygen atoms in total. The van der Waals surface area contributed by atoms with Crippen molar-refractivity contribution in [1.82, 2.24) is 9.55 Å². The zero-order valence-electron chi connectivity index (χ0n) is 7.38. The van der Waals surface area contributed by atoms with Gasteiger partial charge in [-0.05, 0) is 12.1 Å². The molecule has 0 spiro atoms. The van der Waals surface area contributed by atoms with Gasteiger partial charge in [-0.1, -0.05) is 12.1 Å². The molecule has 1 aromatic carbocycles. The van der Waals surface area contributed by atoms with E-state index < -0.39 is 6.23 Å². The number of aromatic nitrogens is 2. The van der Waals surface area contributed by atoms with Crippen LogP contribution in [0.15, 0.2) is 36.7 Å². The van der Waals surface area contributed by atoms with Crippen LogP contribution in [0.2, 0.25) is 0 Å². The van der Waals surface area contributed by atoms with Gasteiger partial charge in [-0.2, -0.15) is 0 Å². The van der Waals surface area contributed by atoms with Crippen molar-refractivity contribution in [3.8, 4) is 5.69 Å². The van der Waals surface area contributed by atoms with E-state index in [1.165, 1.54) is 0 Å². The van der Waals surface area contributed by atoms with Crippen molar-refractivity contribution in [1.29, 1.82) is 0 Å². The van der Waals surface area contributed by atoms with Gasteiger partial charge in [0.25, 0.3) is 0 Å². The lowest BCUT2D eigenvalue weighted by atomic mass is 10.2. The summed E-state index contributed by atoms with van der Waals surface area (Å²) in [4.78, 5) is 4.09. The van der Waals surface area contributed by atoms with E-state index in [9.17, 15) is 5.11 Å². The summed E-state index contributed by atoms with van der Waals surface area (Å²) in [5, 5.41) is 12.7. The van der Waals surface area contributed by atoms with E-state index in [1.54, 1.807) is 6.20 Å². The zero-order chi connectivity index (χ0) is 9.54. The van der Waals surface area contributed by atoms with E-state index in [1.807, 2.05) is 35.0 Å². The van der Waals surface area contributed by atoms with E-state index >= 15 is 0 Å². The van der Waals surface area contributed by atoms with Gasteiger partial charge in [-0.3, -0.25) is 4.57 Å². The molecule has 4 heteroatoms. The smallest absolute Gasteiger partial charge is 0.184 e. The van der Waals surface area contributed by atoms with Gasteiger partial charge in [0.05, 0.1) is 11.4 Å². The van der Waals surface area contributed by atoms with Crippen LogP contribution in [0.4, 0.5) is 5.69 Å². The van der Waals surface area contributed by atoms with E-state index in [2.05, 4.69) is 10.3 Å². The second-order valence-corrected chi connectivity index (χ2v) is 3.22. The molecule has 1 aromatic heterocycles. The normalized spacial score (nSPS) is 18.2. The highest BCUT2D eigenvalue weighted by Crippen LogP contribution is 2.30. The Morgan fingerprint density at radius 2 is 2.21 bits per heavy atom. The number of anilines is 1. The fourth-order valence-corrected chi connectivity index (χ4v) is 1.74. The molecule has 2 heterocycles. The van der Waals surface area contributed by atoms with Crippen LogP contribution in [-0.4, -0.2) is 14.7 Å². The molecule has 70 valence electrons. The summed E-state index contributed by atoms with van der Waals surface area (Å²) >= 11 is 0. The Labute approximate surface area is 80.8 Å². The molecule has 14 heavy (non-hydrogen) atoms. The Kier molecular flexibility index (Phi) is 1.40. The van der Waals surface area contributed by atoms with Crippen LogP contribution >= 0.6 is 0 Å². The summed E-state index contributed by atoms with van der Waals surface area (Å²) < 4.78 is 1.89. The van der Waals surface area contributed by atoms with Crippen molar-refractivity contribution >= 4 is 5.69 Å². The Hall–Kier alpha value is -1.81. The maximum atomic E-state index is 9.70. The van der Waals surface area contributed by atoms with Crippen LogP contribution in [-0.2, 0) is 0 Å². The molecular weight excluding hydrogens is 178 g/mol. The fraction of sp³-hybridized carbons (Fsp3) is 0.100. The number of hydrogen-bond acceptors (Lipinski definition) is 3. The van der Waals surface area contributed by atoms with E-state index in [-0.39, 0.29) is 0 Å². The molecule has 3 rings (SSSR count). The summed E-state index contributed by atoms with van der Waals surface area (Å²) in [5.74, 6) is 0.628. The average molecular weight is 187 g/mol. The van der Waals surface area contributed by atoms with Gasteiger partial charge in [0.15, 0.2) is 12.1 Å². The first kappa shape index (κ1) is 7.58. The standard InChI is InChI=1S/C10H9N3O/c14-10-9-11-5-6-13(9)8-4-2-1-3-7(8)12-10/h1-6,10,12,14H/t10-/m1/s1. The number of hydrogen-bond donors (Lipinski definition) is 2. The lowest BCUT2D eigenvalue weighted by Crippen LogP contribution is -2.21. The van der Waals surface area contributed by atoms with Crippen LogP contribution in [0, 0.1) is 0 Å². The fourth-order valence-electron chi connectivity index (χ4n) is 1.74. The van der Waals surface area contributed by atoms with E-state index in [0.717, 1.165) is 11.4 Å². The van der Waals surface area contributed by atoms with Gasteiger partial charge in [0.2, 0.25) is 0 Å². The Morgan fingerprint density at radius 1 is 1.36 bits per heavy atom. The maximum absolute atomic E-state index is 9.70. The number of aliphatic hydroxyl groups excluding tert-OH is 1. The van der Waals surface area contributed by atoms with Crippen molar-refractivity contribution in [2.45, 2.75) is 6.23 Å². The van der Waals surface area contributed by atoms with Crippen molar-refractivity contribution < 1.29 is 5.11 Å². The predicted molar refractivity (Wildman–Crippen MR) is 52.1 cm³/mol. The lowest BCUT2D eigenvalue weighted by Gasteiger charge is -2.24. The average Bonchev–Trinajstić information content (AvgIpc) is 2.67. The minimum atomic E-state index is -0.722. The minimum absolute atomic E-state index is 0.628. The second-order valence-electron chi connectivity index (χ2n) is 3.22. The van der Waals surface area contributed by atoms with Crippen molar-refractivity contribution in [2.75, 3.05) is 5.32 Å². The van der Waals surface area contributed by atoms with Gasteiger partial charge in [0, 0.05) is 12.4 Å². The summed E-state index contributed by atoms with van der Waals surface area (Å²) in [6, 6.07) is 7.81. The lowest BCUT2D eigenvalue weighted by molar-refractivity contribution is 0.193. The van der Waals surface area contributed by atoms with Gasteiger partial charge in [0.1, 0.15) is 0 Å². The third kappa shape index (κ3) is 0.885. The van der Waals surface area contributed by atoms with Gasteiger partial charge >= 0.3 is 0 Å². The van der Waals surface area contributed by atoms with Crippen LogP contribution in [0.25, 0.3) is 5.69 Å². The van der Waals surface area contributed by atoms with E-state index in [0.29, 0.717) is 5.82 Å². The van der Waals surface area contributed by atoms with Crippen LogP contribution in [0.1, 0.15) is 12.1 Å². The molecule has 0 saturated heterocycles. The first-order valence-electron chi connectivity index (χ1n) is 4.43. The zero-order valence-corrected chi connectivity index (χ0v) is 7.38. The first-order chi connectivity index (χ1) is 6.86. The number of imidazole rings is 1. The van der Waals surface area contributed by atoms with Crippen molar-refractivity contribution in [2.24, 2.45) is 0 Å². The summed E-state index contributed by atoms with van der Waals surface area (Å²) in [7, 11) is 0. The Morgan fingerprint density at radius 3 is 3.14 bits per heavy atom. The molecule has 0 fully saturated rings. The highest BCUT2D eigenvalue weighted by atomic mass is 16.3. The van der Waals surface area contributed by atoms with Crippen molar-refractivity contribution in [3.63, 3.8) is 0 Å². The molecule has 0 unspecified atom stereocenters. The molecule has 1 aliphatic rings. The molecule has 0 saturated carbocycles. The number of nitrogens with one attached hydrogen (secondary N) is 1. The molecule has 2 N–H and O–H groups in total. The Balaban J connectivity index is 2.29. The molecule has 2 aromatic rings. The van der Waals surface area contributed by atoms with Crippen LogP contribution < -0.4 is 5.32 Å². The summed E-state index contributed by atoms with van der Waals surface area (Å²) in [6.07, 6.45) is 2.81. The monoisotopic (exact) mass is 187 g/mol. The number of aliphatic hydroxyl groups is 1. The number of nitrogens with zero attached hydrogens (tertiary/aromatic N) is 2. The number of fused-ring (bicyclic) bond motifs is 3. The second kappa shape index (κ2) is 2.59. The third-order valence-corrected chi connectivity index (χ3v) is 2.37. The molecular formula is C10H9N3O. The topological polar surface area (TPSA) is 50.1 Å². The molecule has 1 atom stereocenters. The van der Waals surface area contributed by atoms with Gasteiger partial charge in [-0.15, -0.1) is 0 Å². The molecule has 0 bridgehead atoms. The highest BCUT2D eigenvalue weighted by molar-refractivity contribution is 5.64. The maximum Gasteiger partial charge on any atom is 0.184 e. The minimum Gasteiger partial charge on any atom is -0.367 e. The van der Waals surface area contributed by atoms with Crippen molar-refractivity contribution in [3.05, 3.63) is 42.5 Å². The highest BCUT2D eigenvalue weighted by Gasteiger charge is 2.21. The van der Waals surface area contributed by atoms with Crippen LogP contribution in [0.3, 0.4) is 0 Å². The predicted octanol–water partition coefficient (Wildman–Crippen LogP) is 1.29. The summed E-state index contributed by atoms with van der Waals surface area (Å²) in [6.45, 7) is 0. The molecule has 0 amide bonds. The number of para-hydroxylation sites is 2. The van der Waals surface area contributed by atoms with Gasteiger partial charge < -0.3 is 10.4 Å². The molecule has 0 radical (unpaired) electrons. The van der Waals surface area contributed by atoms with Gasteiger partial charge in [-0.25, -0.2) is 4.98 Å². The largest absolute Gasteiger partial charge is 0.367 e. The SMILES string of the molecule is O[C@H]1Nc2ccccc2-n2ccnc21. The Bertz CT molecular complexity index is 478. The molecule has 0 aliphatic carbocycles. The van der Waals surface area contributed by atoms with Crippen LogP contribution in [0.5, 0.6) is 0 Å². The van der Waals surface area contributed by atoms with E-state index in [4.69, 9.17) is 0 Å². The number of benzene rings is 1. The summed E-state index contributed by atoms with van der Waals surface area (Å²) in [5.41, 5.74) is 1.94.